The van der Waals surface area contributed by atoms with Crippen LogP contribution >= 0.6 is 11.3 Å². The van der Waals surface area contributed by atoms with Crippen LogP contribution in [-0.2, 0) is 6.54 Å². The van der Waals surface area contributed by atoms with Crippen LogP contribution in [0.4, 0.5) is 4.39 Å². The molecule has 0 aliphatic heterocycles. The molecular weight excluding hydrogens is 271 g/mol. The zero-order valence-corrected chi connectivity index (χ0v) is 12.4. The average Bonchev–Trinajstić information content (AvgIpc) is 2.94. The maximum absolute atomic E-state index is 14.0. The fraction of sp³-hybridized carbons (Fsp3) is 0.312. The third-order valence-electron chi connectivity index (χ3n) is 3.23. The lowest BCUT2D eigenvalue weighted by molar-refractivity contribution is 0.412. The Balaban J connectivity index is 2.13. The highest BCUT2D eigenvalue weighted by atomic mass is 32.1. The number of nitrogens with zero attached hydrogens (tertiary/aromatic N) is 1. The predicted octanol–water partition coefficient (Wildman–Crippen LogP) is 4.25. The number of halogens is 1. The lowest BCUT2D eigenvalue weighted by Crippen LogP contribution is -2.25. The van der Waals surface area contributed by atoms with E-state index in [9.17, 15) is 4.39 Å². The summed E-state index contributed by atoms with van der Waals surface area (Å²) in [4.78, 5) is 1.25. The van der Waals surface area contributed by atoms with Crippen molar-refractivity contribution in [2.45, 2.75) is 26.4 Å². The zero-order chi connectivity index (χ0) is 14.5. The predicted molar refractivity (Wildman–Crippen MR) is 79.9 cm³/mol. The van der Waals surface area contributed by atoms with Crippen molar-refractivity contribution in [2.24, 2.45) is 5.92 Å². The van der Waals surface area contributed by atoms with Crippen molar-refractivity contribution >= 4 is 11.3 Å². The van der Waals surface area contributed by atoms with Gasteiger partial charge in [0.05, 0.1) is 5.56 Å². The van der Waals surface area contributed by atoms with E-state index in [0.29, 0.717) is 18.0 Å². The first kappa shape index (κ1) is 14.7. The average molecular weight is 288 g/mol. The number of rotatable bonds is 5. The van der Waals surface area contributed by atoms with Crippen molar-refractivity contribution < 1.29 is 4.39 Å². The van der Waals surface area contributed by atoms with Gasteiger partial charge in [0, 0.05) is 23.0 Å². The van der Waals surface area contributed by atoms with Crippen molar-refractivity contribution in [1.82, 2.24) is 5.32 Å². The molecule has 0 bridgehead atoms. The number of thiophene rings is 1. The monoisotopic (exact) mass is 288 g/mol. The Morgan fingerprint density at radius 2 is 2.10 bits per heavy atom. The molecule has 2 rings (SSSR count). The molecule has 1 unspecified atom stereocenters. The Morgan fingerprint density at radius 1 is 1.30 bits per heavy atom. The van der Waals surface area contributed by atoms with E-state index in [1.807, 2.05) is 17.5 Å². The van der Waals surface area contributed by atoms with Crippen molar-refractivity contribution in [2.75, 3.05) is 0 Å². The molecule has 2 nitrogen and oxygen atoms in total. The Morgan fingerprint density at radius 3 is 2.70 bits per heavy atom. The van der Waals surface area contributed by atoms with Gasteiger partial charge >= 0.3 is 0 Å². The molecule has 20 heavy (non-hydrogen) atoms. The molecule has 1 aromatic heterocycles. The molecular formula is C16H17FN2S. The van der Waals surface area contributed by atoms with Crippen LogP contribution in [0.5, 0.6) is 0 Å². The number of benzene rings is 1. The summed E-state index contributed by atoms with van der Waals surface area (Å²) in [5.41, 5.74) is 0.632. The van der Waals surface area contributed by atoms with Gasteiger partial charge in [-0.15, -0.1) is 11.3 Å². The van der Waals surface area contributed by atoms with E-state index in [0.717, 1.165) is 0 Å². The molecule has 0 fully saturated rings. The van der Waals surface area contributed by atoms with Crippen LogP contribution < -0.4 is 5.32 Å². The van der Waals surface area contributed by atoms with Gasteiger partial charge in [-0.3, -0.25) is 0 Å². The Labute approximate surface area is 122 Å². The van der Waals surface area contributed by atoms with Crippen LogP contribution in [0.25, 0.3) is 0 Å². The molecule has 0 amide bonds. The third kappa shape index (κ3) is 3.24. The second-order valence-electron chi connectivity index (χ2n) is 5.01. The molecule has 1 N–H and O–H groups in total. The van der Waals surface area contributed by atoms with Gasteiger partial charge in [-0.25, -0.2) is 4.39 Å². The van der Waals surface area contributed by atoms with E-state index < -0.39 is 5.82 Å². The molecule has 0 saturated heterocycles. The largest absolute Gasteiger partial charge is 0.305 e. The molecule has 2 aromatic rings. The number of nitriles is 1. The van der Waals surface area contributed by atoms with Crippen LogP contribution in [0.1, 0.15) is 35.9 Å². The van der Waals surface area contributed by atoms with Crippen LogP contribution in [0.2, 0.25) is 0 Å². The van der Waals surface area contributed by atoms with Gasteiger partial charge in [-0.1, -0.05) is 32.0 Å². The molecule has 0 saturated carbocycles. The minimum absolute atomic E-state index is 0.0986. The summed E-state index contributed by atoms with van der Waals surface area (Å²) in [6.45, 7) is 4.70. The molecule has 4 heteroatoms. The van der Waals surface area contributed by atoms with Gasteiger partial charge in [0.25, 0.3) is 0 Å². The van der Waals surface area contributed by atoms with Gasteiger partial charge in [-0.05, 0) is 23.4 Å². The van der Waals surface area contributed by atoms with Crippen LogP contribution in [-0.4, -0.2) is 0 Å². The molecule has 0 spiro atoms. The summed E-state index contributed by atoms with van der Waals surface area (Å²) in [6.07, 6.45) is 0. The van der Waals surface area contributed by atoms with Gasteiger partial charge in [-0.2, -0.15) is 5.26 Å². The first-order valence-electron chi connectivity index (χ1n) is 6.57. The van der Waals surface area contributed by atoms with E-state index in [-0.39, 0.29) is 11.6 Å². The number of nitrogens with one attached hydrogen (secondary N) is 1. The molecule has 1 aromatic carbocycles. The summed E-state index contributed by atoms with van der Waals surface area (Å²) < 4.78 is 14.0. The highest BCUT2D eigenvalue weighted by Gasteiger charge is 2.17. The zero-order valence-electron chi connectivity index (χ0n) is 11.6. The lowest BCUT2D eigenvalue weighted by atomic mass is 10.0. The number of hydrogen-bond donors (Lipinski definition) is 1. The van der Waals surface area contributed by atoms with Gasteiger partial charge in [0.2, 0.25) is 0 Å². The van der Waals surface area contributed by atoms with Crippen molar-refractivity contribution in [3.05, 3.63) is 57.5 Å². The van der Waals surface area contributed by atoms with E-state index in [1.165, 1.54) is 10.9 Å². The Hall–Kier alpha value is -1.70. The Kier molecular flexibility index (Phi) is 4.89. The van der Waals surface area contributed by atoms with Gasteiger partial charge in [0.1, 0.15) is 11.9 Å². The third-order valence-corrected chi connectivity index (χ3v) is 4.18. The summed E-state index contributed by atoms with van der Waals surface area (Å²) >= 11 is 1.70. The molecule has 1 heterocycles. The second kappa shape index (κ2) is 6.65. The van der Waals surface area contributed by atoms with E-state index in [1.54, 1.807) is 23.5 Å². The SMILES string of the molecule is CC(C)C(NCc1cccc(C#N)c1F)c1cccs1. The van der Waals surface area contributed by atoms with Crippen molar-refractivity contribution in [1.29, 1.82) is 5.26 Å². The van der Waals surface area contributed by atoms with Gasteiger partial charge in [0.15, 0.2) is 0 Å². The maximum Gasteiger partial charge on any atom is 0.145 e. The molecule has 0 aliphatic rings. The van der Waals surface area contributed by atoms with Crippen LogP contribution in [0, 0.1) is 23.1 Å². The fourth-order valence-corrected chi connectivity index (χ4v) is 3.13. The summed E-state index contributed by atoms with van der Waals surface area (Å²) in [5.74, 6) is -0.00736. The Bertz CT molecular complexity index is 599. The normalized spacial score (nSPS) is 12.3. The fourth-order valence-electron chi connectivity index (χ4n) is 2.16. The van der Waals surface area contributed by atoms with Gasteiger partial charge < -0.3 is 5.32 Å². The van der Waals surface area contributed by atoms with Crippen molar-refractivity contribution in [3.63, 3.8) is 0 Å². The first-order valence-corrected chi connectivity index (χ1v) is 7.45. The summed E-state index contributed by atoms with van der Waals surface area (Å²) in [7, 11) is 0. The lowest BCUT2D eigenvalue weighted by Gasteiger charge is -2.21. The van der Waals surface area contributed by atoms with E-state index >= 15 is 0 Å². The standard InChI is InChI=1S/C16H17FN2S/c1-11(2)16(14-7-4-8-20-14)19-10-13-6-3-5-12(9-18)15(13)17/h3-8,11,16,19H,10H2,1-2H3. The van der Waals surface area contributed by atoms with Crippen LogP contribution in [0.15, 0.2) is 35.7 Å². The molecule has 104 valence electrons. The van der Waals surface area contributed by atoms with E-state index in [4.69, 9.17) is 5.26 Å². The maximum atomic E-state index is 14.0. The molecule has 0 radical (unpaired) electrons. The topological polar surface area (TPSA) is 35.8 Å². The second-order valence-corrected chi connectivity index (χ2v) is 5.99. The smallest absolute Gasteiger partial charge is 0.145 e. The number of hydrogen-bond acceptors (Lipinski definition) is 3. The first-order chi connectivity index (χ1) is 9.63. The summed E-state index contributed by atoms with van der Waals surface area (Å²) in [6, 6.07) is 11.1. The van der Waals surface area contributed by atoms with Crippen molar-refractivity contribution in [3.8, 4) is 6.07 Å². The highest BCUT2D eigenvalue weighted by molar-refractivity contribution is 7.10. The summed E-state index contributed by atoms with van der Waals surface area (Å²) in [5, 5.41) is 14.3. The minimum Gasteiger partial charge on any atom is -0.305 e. The quantitative estimate of drug-likeness (QED) is 0.893. The van der Waals surface area contributed by atoms with E-state index in [2.05, 4.69) is 25.2 Å². The minimum atomic E-state index is -0.420. The van der Waals surface area contributed by atoms with Crippen LogP contribution in [0.3, 0.4) is 0 Å². The molecule has 1 atom stereocenters. The highest BCUT2D eigenvalue weighted by Crippen LogP contribution is 2.26. The molecule has 0 aliphatic carbocycles.